The van der Waals surface area contributed by atoms with Gasteiger partial charge in [0.05, 0.1) is 21.9 Å². The molecule has 2 aromatic carbocycles. The van der Waals surface area contributed by atoms with Gasteiger partial charge in [0.25, 0.3) is 5.69 Å². The highest BCUT2D eigenvalue weighted by Gasteiger charge is 2.18. The van der Waals surface area contributed by atoms with Crippen molar-refractivity contribution in [3.8, 4) is 11.8 Å². The van der Waals surface area contributed by atoms with Crippen LogP contribution >= 0.6 is 0 Å². The van der Waals surface area contributed by atoms with E-state index in [4.69, 9.17) is 10.5 Å². The second kappa shape index (κ2) is 11.9. The number of carbonyl (C=O) groups excluding carboxylic acids is 1. The van der Waals surface area contributed by atoms with Crippen LogP contribution < -0.4 is 26.0 Å². The summed E-state index contributed by atoms with van der Waals surface area (Å²) in [5.74, 6) is 0.674. The van der Waals surface area contributed by atoms with Gasteiger partial charge in [-0.05, 0) is 24.2 Å². The Kier molecular flexibility index (Phi) is 8.20. The number of rotatable bonds is 9. The van der Waals surface area contributed by atoms with Crippen LogP contribution in [0.1, 0.15) is 18.1 Å². The summed E-state index contributed by atoms with van der Waals surface area (Å²) < 4.78 is 5.29. The first-order valence-corrected chi connectivity index (χ1v) is 12.1. The average Bonchev–Trinajstić information content (AvgIpc) is 2.93. The quantitative estimate of drug-likeness (QED) is 0.281. The maximum Gasteiger partial charge on any atom is 0.410 e. The van der Waals surface area contributed by atoms with Crippen molar-refractivity contribution in [1.82, 2.24) is 9.88 Å². The number of anilines is 4. The lowest BCUT2D eigenvalue weighted by Gasteiger charge is -2.35. The Morgan fingerprint density at radius 3 is 2.53 bits per heavy atom. The number of nitrogens with zero attached hydrogens (tertiary/aromatic N) is 5. The molecular weight excluding hydrogens is 488 g/mol. The van der Waals surface area contributed by atoms with Crippen molar-refractivity contribution in [3.05, 3.63) is 76.0 Å². The zero-order valence-corrected chi connectivity index (χ0v) is 20.9. The summed E-state index contributed by atoms with van der Waals surface area (Å²) in [6.45, 7) is 7.11. The predicted molar refractivity (Wildman–Crippen MR) is 144 cm³/mol. The third-order valence-electron chi connectivity index (χ3n) is 6.28. The summed E-state index contributed by atoms with van der Waals surface area (Å²) >= 11 is 0. The molecule has 0 atom stereocenters. The molecule has 1 aliphatic heterocycles. The van der Waals surface area contributed by atoms with E-state index in [0.717, 1.165) is 44.0 Å². The molecule has 1 aromatic heterocycles. The minimum absolute atomic E-state index is 0.00471. The Hall–Kier alpha value is -4.89. The Bertz CT molecular complexity index is 1350. The van der Waals surface area contributed by atoms with Gasteiger partial charge in [0.2, 0.25) is 0 Å². The molecule has 0 saturated carbocycles. The molecule has 3 aromatic rings. The van der Waals surface area contributed by atoms with E-state index >= 15 is 0 Å². The van der Waals surface area contributed by atoms with Crippen molar-refractivity contribution in [3.63, 3.8) is 0 Å². The number of aromatic nitrogens is 1. The van der Waals surface area contributed by atoms with Gasteiger partial charge >= 0.3 is 6.09 Å². The van der Waals surface area contributed by atoms with Gasteiger partial charge in [0, 0.05) is 68.9 Å². The Labute approximate surface area is 219 Å². The number of amides is 1. The van der Waals surface area contributed by atoms with Crippen molar-refractivity contribution in [2.75, 3.05) is 48.3 Å². The molecule has 0 unspecified atom stereocenters. The summed E-state index contributed by atoms with van der Waals surface area (Å²) in [4.78, 5) is 30.9. The van der Waals surface area contributed by atoms with E-state index in [1.165, 1.54) is 18.3 Å². The van der Waals surface area contributed by atoms with Crippen molar-refractivity contribution in [2.24, 2.45) is 5.73 Å². The number of piperazine rings is 1. The number of hydrogen-bond donors (Lipinski definition) is 3. The van der Waals surface area contributed by atoms with Crippen molar-refractivity contribution < 1.29 is 14.5 Å². The molecule has 0 radical (unpaired) electrons. The lowest BCUT2D eigenvalue weighted by Crippen LogP contribution is -2.46. The molecule has 38 heavy (non-hydrogen) atoms. The predicted octanol–water partition coefficient (Wildman–Crippen LogP) is 3.82. The number of primary amides is 1. The van der Waals surface area contributed by atoms with Gasteiger partial charge < -0.3 is 30.9 Å². The largest absolute Gasteiger partial charge is 0.410 e. The number of nitro groups is 1. The Morgan fingerprint density at radius 2 is 1.89 bits per heavy atom. The highest BCUT2D eigenvalue weighted by Crippen LogP contribution is 2.33. The molecular formula is C26H28N8O4. The van der Waals surface area contributed by atoms with Crippen LogP contribution in [0, 0.1) is 21.4 Å². The van der Waals surface area contributed by atoms with E-state index in [1.807, 2.05) is 6.07 Å². The highest BCUT2D eigenvalue weighted by molar-refractivity contribution is 5.76. The zero-order valence-electron chi connectivity index (χ0n) is 20.9. The monoisotopic (exact) mass is 516 g/mol. The van der Waals surface area contributed by atoms with Gasteiger partial charge in [-0.3, -0.25) is 10.1 Å². The van der Waals surface area contributed by atoms with Crippen LogP contribution in [0.25, 0.3) is 0 Å². The van der Waals surface area contributed by atoms with Gasteiger partial charge in [-0.25, -0.2) is 9.78 Å². The fraction of sp³-hybridized carbons (Fsp3) is 0.269. The van der Waals surface area contributed by atoms with Crippen LogP contribution in [0.15, 0.2) is 54.7 Å². The first-order chi connectivity index (χ1) is 18.4. The first-order valence-electron chi connectivity index (χ1n) is 12.1. The zero-order chi connectivity index (χ0) is 27.1. The fourth-order valence-corrected chi connectivity index (χ4v) is 4.16. The SMILES string of the molecule is CCN1CCN(c2ccc(Nc3cc(NCc4ccc([N+](=O)[O-])cc4)c(C#N)cn3)c(OC(N)=O)c2)CC1. The molecule has 0 aliphatic carbocycles. The fourth-order valence-electron chi connectivity index (χ4n) is 4.16. The average molecular weight is 517 g/mol. The minimum atomic E-state index is -0.931. The van der Waals surface area contributed by atoms with Gasteiger partial charge in [0.15, 0.2) is 5.75 Å². The lowest BCUT2D eigenvalue weighted by atomic mass is 10.2. The molecule has 1 saturated heterocycles. The molecule has 12 heteroatoms. The van der Waals surface area contributed by atoms with E-state index in [9.17, 15) is 20.2 Å². The van der Waals surface area contributed by atoms with Crippen molar-refractivity contribution in [2.45, 2.75) is 13.5 Å². The number of carbonyl (C=O) groups is 1. The maximum atomic E-state index is 11.6. The number of ether oxygens (including phenoxy) is 1. The second-order valence-electron chi connectivity index (χ2n) is 8.65. The summed E-state index contributed by atoms with van der Waals surface area (Å²) in [5, 5.41) is 26.7. The molecule has 4 rings (SSSR count). The van der Waals surface area contributed by atoms with Crippen molar-refractivity contribution >= 4 is 34.7 Å². The van der Waals surface area contributed by atoms with Crippen LogP contribution in [-0.4, -0.2) is 53.6 Å². The molecule has 12 nitrogen and oxygen atoms in total. The van der Waals surface area contributed by atoms with Crippen LogP contribution in [0.4, 0.5) is 33.4 Å². The third kappa shape index (κ3) is 6.45. The van der Waals surface area contributed by atoms with Gasteiger partial charge in [-0.15, -0.1) is 0 Å². The summed E-state index contributed by atoms with van der Waals surface area (Å²) in [5.41, 5.74) is 8.38. The summed E-state index contributed by atoms with van der Waals surface area (Å²) in [6, 6.07) is 15.4. The Morgan fingerprint density at radius 1 is 1.16 bits per heavy atom. The van der Waals surface area contributed by atoms with E-state index in [1.54, 1.807) is 30.3 Å². The highest BCUT2D eigenvalue weighted by atomic mass is 16.6. The van der Waals surface area contributed by atoms with Gasteiger partial charge in [-0.2, -0.15) is 5.26 Å². The number of nitro benzene ring substituents is 1. The van der Waals surface area contributed by atoms with Gasteiger partial charge in [-0.1, -0.05) is 19.1 Å². The third-order valence-corrected chi connectivity index (χ3v) is 6.28. The van der Waals surface area contributed by atoms with E-state index in [2.05, 4.69) is 38.4 Å². The Balaban J connectivity index is 1.52. The number of non-ortho nitro benzene ring substituents is 1. The van der Waals surface area contributed by atoms with Crippen LogP contribution in [0.2, 0.25) is 0 Å². The number of benzene rings is 2. The summed E-state index contributed by atoms with van der Waals surface area (Å²) in [7, 11) is 0. The molecule has 0 spiro atoms. The van der Waals surface area contributed by atoms with Crippen LogP contribution in [0.5, 0.6) is 5.75 Å². The minimum Gasteiger partial charge on any atom is -0.408 e. The second-order valence-corrected chi connectivity index (χ2v) is 8.65. The smallest absolute Gasteiger partial charge is 0.408 e. The topological polar surface area (TPSA) is 163 Å². The van der Waals surface area contributed by atoms with Crippen LogP contribution in [0.3, 0.4) is 0 Å². The number of nitriles is 1. The normalized spacial score (nSPS) is 13.4. The van der Waals surface area contributed by atoms with Gasteiger partial charge in [0.1, 0.15) is 11.9 Å². The van der Waals surface area contributed by atoms with E-state index in [-0.39, 0.29) is 11.4 Å². The molecule has 2 heterocycles. The van der Waals surface area contributed by atoms with Crippen molar-refractivity contribution in [1.29, 1.82) is 5.26 Å². The molecule has 196 valence electrons. The number of nitrogens with one attached hydrogen (secondary N) is 2. The first kappa shape index (κ1) is 26.2. The molecule has 1 amide bonds. The number of hydrogen-bond acceptors (Lipinski definition) is 10. The molecule has 1 fully saturated rings. The van der Waals surface area contributed by atoms with E-state index in [0.29, 0.717) is 29.3 Å². The maximum absolute atomic E-state index is 11.6. The molecule has 0 bridgehead atoms. The number of pyridine rings is 1. The number of likely N-dealkylation sites (N-methyl/N-ethyl adjacent to an activating group) is 1. The molecule has 4 N–H and O–H groups in total. The molecule has 1 aliphatic rings. The lowest BCUT2D eigenvalue weighted by molar-refractivity contribution is -0.384. The standard InChI is InChI=1S/C26H28N8O4/c1-2-32-9-11-33(12-10-32)21-7-8-22(24(13-21)38-26(28)35)31-25-14-23(19(15-27)17-30-25)29-16-18-3-5-20(6-4-18)34(36)37/h3-8,13-14,17H,2,9-12,16H2,1H3,(H2,28,35)(H2,29,30,31). The summed E-state index contributed by atoms with van der Waals surface area (Å²) in [6.07, 6.45) is 0.496. The number of nitrogens with two attached hydrogens (primary N) is 1. The van der Waals surface area contributed by atoms with E-state index < -0.39 is 11.0 Å². The van der Waals surface area contributed by atoms with Crippen LogP contribution in [-0.2, 0) is 6.54 Å².